The summed E-state index contributed by atoms with van der Waals surface area (Å²) < 4.78 is 28.4. The maximum absolute atomic E-state index is 12.5. The zero-order chi connectivity index (χ0) is 12.5. The van der Waals surface area contributed by atoms with Crippen molar-refractivity contribution in [2.45, 2.75) is 32.7 Å². The van der Waals surface area contributed by atoms with Crippen LogP contribution in [-0.4, -0.2) is 55.8 Å². The van der Waals surface area contributed by atoms with Gasteiger partial charge in [-0.1, -0.05) is 6.92 Å². The first-order chi connectivity index (χ1) is 8.01. The fourth-order valence-corrected chi connectivity index (χ4v) is 4.62. The summed E-state index contributed by atoms with van der Waals surface area (Å²) in [5.74, 6) is 0.483. The van der Waals surface area contributed by atoms with E-state index >= 15 is 0 Å². The van der Waals surface area contributed by atoms with Crippen LogP contribution >= 0.6 is 0 Å². The minimum absolute atomic E-state index is 0.0611. The second kappa shape index (κ2) is 5.22. The number of rotatable bonds is 2. The lowest BCUT2D eigenvalue weighted by atomic mass is 10.0. The van der Waals surface area contributed by atoms with E-state index in [1.54, 1.807) is 8.61 Å². The summed E-state index contributed by atoms with van der Waals surface area (Å²) in [6.07, 6.45) is 2.13. The fraction of sp³-hybridized carbons (Fsp3) is 1.00. The first-order valence-electron chi connectivity index (χ1n) is 6.49. The minimum Gasteiger partial charge on any atom is -0.314 e. The van der Waals surface area contributed by atoms with Gasteiger partial charge in [0.25, 0.3) is 10.2 Å². The average molecular weight is 261 g/mol. The number of hydrogen-bond acceptors (Lipinski definition) is 3. The van der Waals surface area contributed by atoms with Crippen LogP contribution in [0.25, 0.3) is 0 Å². The van der Waals surface area contributed by atoms with Gasteiger partial charge in [0.1, 0.15) is 0 Å². The zero-order valence-electron chi connectivity index (χ0n) is 10.7. The summed E-state index contributed by atoms with van der Waals surface area (Å²) in [5, 5.41) is 3.22. The molecule has 0 spiro atoms. The van der Waals surface area contributed by atoms with Crippen LogP contribution in [0.15, 0.2) is 0 Å². The van der Waals surface area contributed by atoms with E-state index in [0.717, 1.165) is 25.9 Å². The number of nitrogens with zero attached hydrogens (tertiary/aromatic N) is 2. The Morgan fingerprint density at radius 2 is 2.00 bits per heavy atom. The van der Waals surface area contributed by atoms with Crippen molar-refractivity contribution in [3.8, 4) is 0 Å². The van der Waals surface area contributed by atoms with Crippen molar-refractivity contribution in [1.29, 1.82) is 0 Å². The standard InChI is InChI=1S/C11H23N3O2S/c1-10-4-3-6-13(9-10)17(15,16)14-7-5-12-8-11(14)2/h10-12H,3-9H2,1-2H3/t10?,11-/m1/s1. The third-order valence-electron chi connectivity index (χ3n) is 3.68. The number of nitrogens with one attached hydrogen (secondary N) is 1. The molecule has 0 aromatic carbocycles. The third kappa shape index (κ3) is 2.81. The molecule has 17 heavy (non-hydrogen) atoms. The maximum atomic E-state index is 12.5. The van der Waals surface area contributed by atoms with Gasteiger partial charge in [-0.3, -0.25) is 0 Å². The van der Waals surface area contributed by atoms with Gasteiger partial charge in [0.15, 0.2) is 0 Å². The number of piperidine rings is 1. The van der Waals surface area contributed by atoms with Crippen LogP contribution in [-0.2, 0) is 10.2 Å². The van der Waals surface area contributed by atoms with Crippen molar-refractivity contribution >= 4 is 10.2 Å². The summed E-state index contributed by atoms with van der Waals surface area (Å²) in [4.78, 5) is 0. The lowest BCUT2D eigenvalue weighted by Crippen LogP contribution is -2.57. The molecule has 2 rings (SSSR count). The summed E-state index contributed by atoms with van der Waals surface area (Å²) in [6, 6.07) is 0.0611. The molecule has 1 unspecified atom stereocenters. The molecular formula is C11H23N3O2S. The highest BCUT2D eigenvalue weighted by Crippen LogP contribution is 2.22. The van der Waals surface area contributed by atoms with E-state index in [2.05, 4.69) is 12.2 Å². The largest absolute Gasteiger partial charge is 0.314 e. The maximum Gasteiger partial charge on any atom is 0.282 e. The molecular weight excluding hydrogens is 238 g/mol. The Hall–Kier alpha value is -0.170. The molecule has 2 aliphatic rings. The summed E-state index contributed by atoms with van der Waals surface area (Å²) >= 11 is 0. The van der Waals surface area contributed by atoms with Gasteiger partial charge < -0.3 is 5.32 Å². The Morgan fingerprint density at radius 1 is 1.24 bits per heavy atom. The predicted molar refractivity (Wildman–Crippen MR) is 67.9 cm³/mol. The zero-order valence-corrected chi connectivity index (χ0v) is 11.5. The van der Waals surface area contributed by atoms with E-state index < -0.39 is 10.2 Å². The van der Waals surface area contributed by atoms with Crippen LogP contribution in [0.2, 0.25) is 0 Å². The molecule has 1 N–H and O–H groups in total. The Morgan fingerprint density at radius 3 is 2.65 bits per heavy atom. The van der Waals surface area contributed by atoms with Crippen molar-refractivity contribution in [1.82, 2.24) is 13.9 Å². The number of hydrogen-bond donors (Lipinski definition) is 1. The molecule has 2 heterocycles. The fourth-order valence-electron chi connectivity index (χ4n) is 2.67. The molecule has 0 saturated carbocycles. The minimum atomic E-state index is -3.24. The summed E-state index contributed by atoms with van der Waals surface area (Å²) in [6.45, 7) is 7.56. The van der Waals surface area contributed by atoms with Crippen LogP contribution in [0.4, 0.5) is 0 Å². The lowest BCUT2D eigenvalue weighted by Gasteiger charge is -2.39. The number of piperazine rings is 1. The smallest absolute Gasteiger partial charge is 0.282 e. The molecule has 2 fully saturated rings. The lowest BCUT2D eigenvalue weighted by molar-refractivity contribution is 0.226. The van der Waals surface area contributed by atoms with Crippen LogP contribution in [0.1, 0.15) is 26.7 Å². The molecule has 0 bridgehead atoms. The molecule has 100 valence electrons. The van der Waals surface area contributed by atoms with Crippen molar-refractivity contribution in [2.75, 3.05) is 32.7 Å². The highest BCUT2D eigenvalue weighted by atomic mass is 32.2. The molecule has 0 amide bonds. The Balaban J connectivity index is 2.11. The van der Waals surface area contributed by atoms with Gasteiger partial charge in [-0.2, -0.15) is 17.0 Å². The van der Waals surface area contributed by atoms with Crippen molar-refractivity contribution in [3.05, 3.63) is 0 Å². The van der Waals surface area contributed by atoms with E-state index in [4.69, 9.17) is 0 Å². The van der Waals surface area contributed by atoms with Crippen molar-refractivity contribution in [2.24, 2.45) is 5.92 Å². The van der Waals surface area contributed by atoms with Crippen LogP contribution in [0.3, 0.4) is 0 Å². The molecule has 2 saturated heterocycles. The molecule has 6 heteroatoms. The molecule has 0 radical (unpaired) electrons. The second-order valence-electron chi connectivity index (χ2n) is 5.28. The second-order valence-corrected chi connectivity index (χ2v) is 7.16. The average Bonchev–Trinajstić information content (AvgIpc) is 2.29. The van der Waals surface area contributed by atoms with Crippen LogP contribution < -0.4 is 5.32 Å². The first kappa shape index (κ1) is 13.3. The Bertz CT molecular complexity index is 358. The SMILES string of the molecule is CC1CCCN(S(=O)(=O)N2CCNC[C@H]2C)C1. The third-order valence-corrected chi connectivity index (χ3v) is 5.80. The van der Waals surface area contributed by atoms with Crippen molar-refractivity contribution < 1.29 is 8.42 Å². The Labute approximate surface area is 104 Å². The molecule has 0 aliphatic carbocycles. The van der Waals surface area contributed by atoms with E-state index in [9.17, 15) is 8.42 Å². The van der Waals surface area contributed by atoms with Crippen LogP contribution in [0, 0.1) is 5.92 Å². The monoisotopic (exact) mass is 261 g/mol. The molecule has 5 nitrogen and oxygen atoms in total. The topological polar surface area (TPSA) is 52.7 Å². The molecule has 2 aliphatic heterocycles. The first-order valence-corrected chi connectivity index (χ1v) is 7.89. The highest BCUT2D eigenvalue weighted by Gasteiger charge is 2.36. The molecule has 0 aromatic heterocycles. The van der Waals surface area contributed by atoms with Crippen molar-refractivity contribution in [3.63, 3.8) is 0 Å². The van der Waals surface area contributed by atoms with Gasteiger partial charge in [-0.15, -0.1) is 0 Å². The van der Waals surface area contributed by atoms with E-state index in [1.165, 1.54) is 0 Å². The van der Waals surface area contributed by atoms with Gasteiger partial charge in [0, 0.05) is 38.8 Å². The van der Waals surface area contributed by atoms with Gasteiger partial charge in [0.2, 0.25) is 0 Å². The van der Waals surface area contributed by atoms with Gasteiger partial charge in [-0.25, -0.2) is 0 Å². The van der Waals surface area contributed by atoms with Gasteiger partial charge in [-0.05, 0) is 25.7 Å². The summed E-state index contributed by atoms with van der Waals surface area (Å²) in [7, 11) is -3.24. The summed E-state index contributed by atoms with van der Waals surface area (Å²) in [5.41, 5.74) is 0. The van der Waals surface area contributed by atoms with Crippen LogP contribution in [0.5, 0.6) is 0 Å². The van der Waals surface area contributed by atoms with E-state index in [1.807, 2.05) is 6.92 Å². The Kier molecular flexibility index (Phi) is 4.07. The predicted octanol–water partition coefficient (Wildman–Crippen LogP) is 0.257. The quantitative estimate of drug-likeness (QED) is 0.775. The van der Waals surface area contributed by atoms with E-state index in [-0.39, 0.29) is 6.04 Å². The van der Waals surface area contributed by atoms with E-state index in [0.29, 0.717) is 25.6 Å². The molecule has 2 atom stereocenters. The highest BCUT2D eigenvalue weighted by molar-refractivity contribution is 7.86. The molecule has 0 aromatic rings. The van der Waals surface area contributed by atoms with Gasteiger partial charge in [0.05, 0.1) is 0 Å². The normalized spacial score (nSPS) is 33.8. The van der Waals surface area contributed by atoms with Gasteiger partial charge >= 0.3 is 0 Å².